The molecule has 0 aromatic heterocycles. The predicted molar refractivity (Wildman–Crippen MR) is 111 cm³/mol. The lowest BCUT2D eigenvalue weighted by molar-refractivity contribution is -0.145. The Bertz CT molecular complexity index is 633. The van der Waals surface area contributed by atoms with E-state index in [1.165, 1.54) is 7.11 Å². The summed E-state index contributed by atoms with van der Waals surface area (Å²) in [5, 5.41) is 5.42. The number of amides is 2. The first kappa shape index (κ1) is 24.2. The van der Waals surface area contributed by atoms with Gasteiger partial charge in [-0.1, -0.05) is 42.8 Å². The van der Waals surface area contributed by atoms with Gasteiger partial charge in [0, 0.05) is 13.0 Å². The van der Waals surface area contributed by atoms with Crippen LogP contribution in [0.1, 0.15) is 50.5 Å². The molecule has 0 heterocycles. The quantitative estimate of drug-likeness (QED) is 0.281. The van der Waals surface area contributed by atoms with Crippen LogP contribution in [0, 0.1) is 0 Å². The molecule has 29 heavy (non-hydrogen) atoms. The largest absolute Gasteiger partial charge is 0.467 e. The fraction of sp³-hybridized carbons (Fsp3) is 0.500. The van der Waals surface area contributed by atoms with Crippen LogP contribution in [0.4, 0.5) is 4.79 Å². The lowest BCUT2D eigenvalue weighted by atomic mass is 10.1. The number of hydrogen-bond acceptors (Lipinski definition) is 5. The number of hydrogen-bond donors (Lipinski definition) is 2. The second-order valence-electron chi connectivity index (χ2n) is 6.66. The molecule has 1 aromatic rings. The van der Waals surface area contributed by atoms with Crippen LogP contribution in [0.3, 0.4) is 0 Å². The second-order valence-corrected chi connectivity index (χ2v) is 6.66. The van der Waals surface area contributed by atoms with Gasteiger partial charge in [-0.25, -0.2) is 9.59 Å². The third kappa shape index (κ3) is 11.6. The van der Waals surface area contributed by atoms with E-state index in [1.54, 1.807) is 6.08 Å². The summed E-state index contributed by atoms with van der Waals surface area (Å²) in [6, 6.07) is 8.85. The fourth-order valence-electron chi connectivity index (χ4n) is 2.68. The summed E-state index contributed by atoms with van der Waals surface area (Å²) >= 11 is 0. The summed E-state index contributed by atoms with van der Waals surface area (Å²) in [7, 11) is 1.31. The van der Waals surface area contributed by atoms with Gasteiger partial charge in [-0.05, 0) is 37.7 Å². The van der Waals surface area contributed by atoms with E-state index >= 15 is 0 Å². The molecule has 0 bridgehead atoms. The monoisotopic (exact) mass is 404 g/mol. The van der Waals surface area contributed by atoms with Crippen LogP contribution in [0.5, 0.6) is 0 Å². The SMILES string of the molecule is C=CCCC[C@@H](NC(=O)CCCCCNC(=O)OCc1ccccc1)C(=O)OC. The molecule has 0 saturated carbocycles. The molecule has 2 amide bonds. The average molecular weight is 405 g/mol. The van der Waals surface area contributed by atoms with Gasteiger partial charge in [0.25, 0.3) is 0 Å². The fourth-order valence-corrected chi connectivity index (χ4v) is 2.68. The zero-order valence-electron chi connectivity index (χ0n) is 17.2. The first-order valence-corrected chi connectivity index (χ1v) is 9.99. The minimum absolute atomic E-state index is 0.172. The first-order chi connectivity index (χ1) is 14.1. The Hall–Kier alpha value is -2.83. The molecule has 0 fully saturated rings. The third-order valence-corrected chi connectivity index (χ3v) is 4.28. The lowest BCUT2D eigenvalue weighted by Crippen LogP contribution is -2.41. The van der Waals surface area contributed by atoms with Crippen LogP contribution in [-0.4, -0.2) is 37.7 Å². The van der Waals surface area contributed by atoms with E-state index in [9.17, 15) is 14.4 Å². The summed E-state index contributed by atoms with van der Waals surface area (Å²) in [6.07, 6.45) is 5.92. The van der Waals surface area contributed by atoms with E-state index in [1.807, 2.05) is 30.3 Å². The Labute approximate surface area is 172 Å². The van der Waals surface area contributed by atoms with Gasteiger partial charge >= 0.3 is 12.1 Å². The molecule has 160 valence electrons. The summed E-state index contributed by atoms with van der Waals surface area (Å²) in [4.78, 5) is 35.4. The van der Waals surface area contributed by atoms with Crippen molar-refractivity contribution in [2.45, 2.75) is 57.6 Å². The van der Waals surface area contributed by atoms with Crippen molar-refractivity contribution in [3.05, 3.63) is 48.6 Å². The molecule has 7 heteroatoms. The number of carbonyl (C=O) groups is 3. The number of benzene rings is 1. The van der Waals surface area contributed by atoms with Crippen LogP contribution in [-0.2, 0) is 25.7 Å². The van der Waals surface area contributed by atoms with Crippen molar-refractivity contribution in [2.24, 2.45) is 0 Å². The Morgan fingerprint density at radius 3 is 2.55 bits per heavy atom. The van der Waals surface area contributed by atoms with Crippen LogP contribution in [0.2, 0.25) is 0 Å². The highest BCUT2D eigenvalue weighted by molar-refractivity contribution is 5.84. The van der Waals surface area contributed by atoms with Crippen LogP contribution < -0.4 is 10.6 Å². The molecule has 0 unspecified atom stereocenters. The standard InChI is InChI=1S/C22H32N2O5/c1-3-4-7-14-19(21(26)28-2)24-20(25)15-10-6-11-16-23-22(27)29-17-18-12-8-5-9-13-18/h3,5,8-9,12-13,19H,1,4,6-7,10-11,14-17H2,2H3,(H,23,27)(H,24,25)/t19-/m1/s1. The number of methoxy groups -OCH3 is 1. The van der Waals surface area contributed by atoms with Gasteiger partial charge in [0.05, 0.1) is 7.11 Å². The molecule has 0 spiro atoms. The minimum Gasteiger partial charge on any atom is -0.467 e. The van der Waals surface area contributed by atoms with Crippen molar-refractivity contribution < 1.29 is 23.9 Å². The summed E-state index contributed by atoms with van der Waals surface area (Å²) in [5.74, 6) is -0.602. The Kier molecular flexibility index (Phi) is 12.6. The molecular formula is C22H32N2O5. The maximum atomic E-state index is 12.0. The van der Waals surface area contributed by atoms with Crippen molar-refractivity contribution in [2.75, 3.05) is 13.7 Å². The van der Waals surface area contributed by atoms with Crippen molar-refractivity contribution in [1.29, 1.82) is 0 Å². The van der Waals surface area contributed by atoms with Crippen molar-refractivity contribution in [3.63, 3.8) is 0 Å². The number of unbranched alkanes of at least 4 members (excludes halogenated alkanes) is 3. The molecule has 7 nitrogen and oxygen atoms in total. The Morgan fingerprint density at radius 2 is 1.86 bits per heavy atom. The van der Waals surface area contributed by atoms with Crippen LogP contribution in [0.25, 0.3) is 0 Å². The topological polar surface area (TPSA) is 93.7 Å². The van der Waals surface area contributed by atoms with Gasteiger partial charge in [0.2, 0.25) is 5.91 Å². The minimum atomic E-state index is -0.617. The number of ether oxygens (including phenoxy) is 2. The van der Waals surface area contributed by atoms with E-state index in [0.717, 1.165) is 31.2 Å². The number of allylic oxidation sites excluding steroid dienone is 1. The normalized spacial score (nSPS) is 11.2. The highest BCUT2D eigenvalue weighted by Gasteiger charge is 2.20. The second kappa shape index (κ2) is 15.1. The van der Waals surface area contributed by atoms with Crippen molar-refractivity contribution in [1.82, 2.24) is 10.6 Å². The molecule has 2 N–H and O–H groups in total. The summed E-state index contributed by atoms with van der Waals surface area (Å²) < 4.78 is 9.87. The molecule has 0 radical (unpaired) electrons. The number of nitrogens with one attached hydrogen (secondary N) is 2. The van der Waals surface area contributed by atoms with E-state index in [0.29, 0.717) is 25.8 Å². The number of rotatable bonds is 14. The lowest BCUT2D eigenvalue weighted by Gasteiger charge is -2.16. The van der Waals surface area contributed by atoms with Crippen molar-refractivity contribution in [3.8, 4) is 0 Å². The molecule has 0 aliphatic heterocycles. The Balaban J connectivity index is 2.11. The highest BCUT2D eigenvalue weighted by Crippen LogP contribution is 2.06. The molecule has 1 aromatic carbocycles. The average Bonchev–Trinajstić information content (AvgIpc) is 2.74. The molecule has 0 aliphatic carbocycles. The summed E-state index contributed by atoms with van der Waals surface area (Å²) in [6.45, 7) is 4.37. The number of alkyl carbamates (subject to hydrolysis) is 1. The highest BCUT2D eigenvalue weighted by atomic mass is 16.5. The summed E-state index contributed by atoms with van der Waals surface area (Å²) in [5.41, 5.74) is 0.934. The van der Waals surface area contributed by atoms with Crippen LogP contribution >= 0.6 is 0 Å². The maximum absolute atomic E-state index is 12.0. The maximum Gasteiger partial charge on any atom is 0.407 e. The molecule has 0 aliphatic rings. The van der Waals surface area contributed by atoms with Gasteiger partial charge in [0.15, 0.2) is 0 Å². The molecule has 0 saturated heterocycles. The van der Waals surface area contributed by atoms with E-state index in [2.05, 4.69) is 17.2 Å². The van der Waals surface area contributed by atoms with Gasteiger partial charge < -0.3 is 20.1 Å². The van der Waals surface area contributed by atoms with E-state index in [4.69, 9.17) is 9.47 Å². The van der Waals surface area contributed by atoms with Gasteiger partial charge in [-0.2, -0.15) is 0 Å². The molecule has 1 atom stereocenters. The van der Waals surface area contributed by atoms with E-state index in [-0.39, 0.29) is 12.5 Å². The third-order valence-electron chi connectivity index (χ3n) is 4.28. The van der Waals surface area contributed by atoms with Gasteiger partial charge in [0.1, 0.15) is 12.6 Å². The molecular weight excluding hydrogens is 372 g/mol. The zero-order chi connectivity index (χ0) is 21.3. The van der Waals surface area contributed by atoms with Crippen molar-refractivity contribution >= 4 is 18.0 Å². The Morgan fingerprint density at radius 1 is 1.10 bits per heavy atom. The van der Waals surface area contributed by atoms with E-state index < -0.39 is 18.1 Å². The van der Waals surface area contributed by atoms with Crippen LogP contribution in [0.15, 0.2) is 43.0 Å². The first-order valence-electron chi connectivity index (χ1n) is 9.99. The van der Waals surface area contributed by atoms with Gasteiger partial charge in [-0.15, -0.1) is 6.58 Å². The molecule has 1 rings (SSSR count). The predicted octanol–water partition coefficient (Wildman–Crippen LogP) is 3.49. The van der Waals surface area contributed by atoms with Gasteiger partial charge in [-0.3, -0.25) is 4.79 Å². The smallest absolute Gasteiger partial charge is 0.407 e. The number of esters is 1. The zero-order valence-corrected chi connectivity index (χ0v) is 17.2. The number of carbonyl (C=O) groups excluding carboxylic acids is 3.